The number of nitrogens with zero attached hydrogens (tertiary/aromatic N) is 4. The summed E-state index contributed by atoms with van der Waals surface area (Å²) in [6.07, 6.45) is 3.85. The molecule has 0 aliphatic rings. The number of anilines is 1. The van der Waals surface area contributed by atoms with Crippen LogP contribution in [0, 0.1) is 6.92 Å². The Kier molecular flexibility index (Phi) is 2.87. The van der Waals surface area contributed by atoms with Crippen molar-refractivity contribution in [3.05, 3.63) is 30.2 Å². The molecule has 0 aliphatic heterocycles. The molecule has 0 bridgehead atoms. The summed E-state index contributed by atoms with van der Waals surface area (Å²) in [5.41, 5.74) is 0.951. The van der Waals surface area contributed by atoms with E-state index in [0.29, 0.717) is 0 Å². The lowest BCUT2D eigenvalue weighted by Gasteiger charge is -2.03. The zero-order valence-electron chi connectivity index (χ0n) is 8.44. The molecule has 2 rings (SSSR count). The Morgan fingerprint density at radius 3 is 2.93 bits per heavy atom. The maximum atomic E-state index is 4.09. The van der Waals surface area contributed by atoms with Crippen LogP contribution in [-0.2, 0) is 6.42 Å². The van der Waals surface area contributed by atoms with Gasteiger partial charge in [-0.2, -0.15) is 5.10 Å². The largest absolute Gasteiger partial charge is 0.370 e. The van der Waals surface area contributed by atoms with E-state index in [1.54, 1.807) is 6.33 Å². The van der Waals surface area contributed by atoms with Crippen LogP contribution in [0.25, 0.3) is 0 Å². The smallest absolute Gasteiger partial charge is 0.137 e. The monoisotopic (exact) mass is 204 g/mol. The van der Waals surface area contributed by atoms with Crippen LogP contribution in [0.4, 0.5) is 5.82 Å². The lowest BCUT2D eigenvalue weighted by Crippen LogP contribution is -2.07. The van der Waals surface area contributed by atoms with E-state index in [4.69, 9.17) is 0 Å². The van der Waals surface area contributed by atoms with Gasteiger partial charge in [-0.05, 0) is 6.92 Å². The first-order chi connectivity index (χ1) is 7.34. The Morgan fingerprint density at radius 1 is 1.27 bits per heavy atom. The van der Waals surface area contributed by atoms with E-state index in [1.807, 2.05) is 13.0 Å². The standard InChI is InChI=1S/C9H12N6/c1-7-4-9(12-5-11-7)10-3-2-8-13-6-14-15-8/h4-6H,2-3H2,1H3,(H,10,11,12)(H,13,14,15). The second kappa shape index (κ2) is 4.50. The summed E-state index contributed by atoms with van der Waals surface area (Å²) in [7, 11) is 0. The maximum absolute atomic E-state index is 4.09. The predicted molar refractivity (Wildman–Crippen MR) is 55.3 cm³/mol. The third-order valence-corrected chi connectivity index (χ3v) is 1.94. The summed E-state index contributed by atoms with van der Waals surface area (Å²) >= 11 is 0. The van der Waals surface area contributed by atoms with Crippen molar-refractivity contribution in [3.63, 3.8) is 0 Å². The molecule has 0 atom stereocenters. The highest BCUT2D eigenvalue weighted by Crippen LogP contribution is 2.02. The fourth-order valence-corrected chi connectivity index (χ4v) is 1.21. The molecular weight excluding hydrogens is 192 g/mol. The number of hydrogen-bond donors (Lipinski definition) is 2. The normalized spacial score (nSPS) is 10.2. The van der Waals surface area contributed by atoms with Gasteiger partial charge in [0, 0.05) is 24.7 Å². The van der Waals surface area contributed by atoms with Crippen molar-refractivity contribution in [1.82, 2.24) is 25.1 Å². The first kappa shape index (κ1) is 9.57. The number of aromatic nitrogens is 5. The van der Waals surface area contributed by atoms with Crippen molar-refractivity contribution in [3.8, 4) is 0 Å². The van der Waals surface area contributed by atoms with Crippen LogP contribution in [0.1, 0.15) is 11.5 Å². The van der Waals surface area contributed by atoms with Crippen LogP contribution in [0.15, 0.2) is 18.7 Å². The van der Waals surface area contributed by atoms with Crippen LogP contribution in [0.3, 0.4) is 0 Å². The number of aromatic amines is 1. The van der Waals surface area contributed by atoms with Crippen molar-refractivity contribution in [2.75, 3.05) is 11.9 Å². The summed E-state index contributed by atoms with van der Waals surface area (Å²) in [6, 6.07) is 1.90. The first-order valence-electron chi connectivity index (χ1n) is 4.71. The molecule has 0 saturated heterocycles. The molecule has 15 heavy (non-hydrogen) atoms. The van der Waals surface area contributed by atoms with Gasteiger partial charge < -0.3 is 5.32 Å². The zero-order valence-corrected chi connectivity index (χ0v) is 8.44. The number of hydrogen-bond acceptors (Lipinski definition) is 5. The highest BCUT2D eigenvalue weighted by Gasteiger charge is 1.97. The third kappa shape index (κ3) is 2.73. The molecule has 2 N–H and O–H groups in total. The predicted octanol–water partition coefficient (Wildman–Crippen LogP) is 0.558. The summed E-state index contributed by atoms with van der Waals surface area (Å²) < 4.78 is 0. The van der Waals surface area contributed by atoms with E-state index in [9.17, 15) is 0 Å². The summed E-state index contributed by atoms with van der Waals surface area (Å²) in [4.78, 5) is 12.1. The molecule has 2 heterocycles. The molecule has 0 saturated carbocycles. The van der Waals surface area contributed by atoms with Crippen LogP contribution in [0.2, 0.25) is 0 Å². The minimum Gasteiger partial charge on any atom is -0.370 e. The molecule has 0 aliphatic carbocycles. The molecule has 0 aromatic carbocycles. The van der Waals surface area contributed by atoms with Crippen molar-refractivity contribution in [1.29, 1.82) is 0 Å². The van der Waals surface area contributed by atoms with Gasteiger partial charge >= 0.3 is 0 Å². The maximum Gasteiger partial charge on any atom is 0.137 e. The molecule has 0 radical (unpaired) electrons. The number of H-pyrrole nitrogens is 1. The van der Waals surface area contributed by atoms with Crippen LogP contribution < -0.4 is 5.32 Å². The molecule has 2 aromatic rings. The van der Waals surface area contributed by atoms with Crippen LogP contribution in [0.5, 0.6) is 0 Å². The Bertz CT molecular complexity index is 410. The van der Waals surface area contributed by atoms with Gasteiger partial charge in [-0.1, -0.05) is 0 Å². The Balaban J connectivity index is 1.83. The topological polar surface area (TPSA) is 79.4 Å². The van der Waals surface area contributed by atoms with Gasteiger partial charge in [0.15, 0.2) is 0 Å². The Labute approximate surface area is 87.2 Å². The summed E-state index contributed by atoms with van der Waals surface area (Å²) in [5, 5.41) is 9.76. The fraction of sp³-hybridized carbons (Fsp3) is 0.333. The van der Waals surface area contributed by atoms with Gasteiger partial charge in [0.05, 0.1) is 0 Å². The van der Waals surface area contributed by atoms with Gasteiger partial charge in [-0.3, -0.25) is 5.10 Å². The Hall–Kier alpha value is -1.98. The molecular formula is C9H12N6. The number of rotatable bonds is 4. The number of aryl methyl sites for hydroxylation is 1. The quantitative estimate of drug-likeness (QED) is 0.760. The van der Waals surface area contributed by atoms with Crippen LogP contribution in [-0.4, -0.2) is 31.7 Å². The van der Waals surface area contributed by atoms with Crippen molar-refractivity contribution in [2.45, 2.75) is 13.3 Å². The third-order valence-electron chi connectivity index (χ3n) is 1.94. The molecule has 6 nitrogen and oxygen atoms in total. The fourth-order valence-electron chi connectivity index (χ4n) is 1.21. The molecule has 0 unspecified atom stereocenters. The van der Waals surface area contributed by atoms with Gasteiger partial charge in [-0.15, -0.1) is 0 Å². The minimum atomic E-state index is 0.769. The summed E-state index contributed by atoms with van der Waals surface area (Å²) in [5.74, 6) is 1.70. The van der Waals surface area contributed by atoms with Gasteiger partial charge in [-0.25, -0.2) is 15.0 Å². The van der Waals surface area contributed by atoms with Gasteiger partial charge in [0.25, 0.3) is 0 Å². The Morgan fingerprint density at radius 2 is 2.20 bits per heavy atom. The van der Waals surface area contributed by atoms with Gasteiger partial charge in [0.2, 0.25) is 0 Å². The van der Waals surface area contributed by atoms with E-state index in [1.165, 1.54) is 6.33 Å². The molecule has 2 aromatic heterocycles. The second-order valence-corrected chi connectivity index (χ2v) is 3.15. The van der Waals surface area contributed by atoms with E-state index in [-0.39, 0.29) is 0 Å². The lowest BCUT2D eigenvalue weighted by molar-refractivity contribution is 0.895. The average molecular weight is 204 g/mol. The molecule has 0 spiro atoms. The second-order valence-electron chi connectivity index (χ2n) is 3.15. The van der Waals surface area contributed by atoms with E-state index >= 15 is 0 Å². The van der Waals surface area contributed by atoms with E-state index in [2.05, 4.69) is 30.5 Å². The number of nitrogens with one attached hydrogen (secondary N) is 2. The highest BCUT2D eigenvalue weighted by molar-refractivity contribution is 5.34. The summed E-state index contributed by atoms with van der Waals surface area (Å²) in [6.45, 7) is 2.70. The average Bonchev–Trinajstić information content (AvgIpc) is 2.71. The molecule has 78 valence electrons. The molecule has 0 amide bonds. The van der Waals surface area contributed by atoms with Crippen molar-refractivity contribution < 1.29 is 0 Å². The van der Waals surface area contributed by atoms with E-state index < -0.39 is 0 Å². The van der Waals surface area contributed by atoms with Crippen LogP contribution >= 0.6 is 0 Å². The minimum absolute atomic E-state index is 0.769. The van der Waals surface area contributed by atoms with Crippen molar-refractivity contribution in [2.24, 2.45) is 0 Å². The SMILES string of the molecule is Cc1cc(NCCc2ncn[nH]2)ncn1. The lowest BCUT2D eigenvalue weighted by atomic mass is 10.4. The first-order valence-corrected chi connectivity index (χ1v) is 4.71. The molecule has 0 fully saturated rings. The highest BCUT2D eigenvalue weighted by atomic mass is 15.2. The molecule has 6 heteroatoms. The van der Waals surface area contributed by atoms with Crippen molar-refractivity contribution >= 4 is 5.82 Å². The van der Waals surface area contributed by atoms with Gasteiger partial charge in [0.1, 0.15) is 24.3 Å². The van der Waals surface area contributed by atoms with E-state index in [0.717, 1.165) is 30.3 Å². The zero-order chi connectivity index (χ0) is 10.5.